The molecule has 4 amide bonds. The van der Waals surface area contributed by atoms with Crippen molar-refractivity contribution in [2.24, 2.45) is 5.92 Å². The number of methoxy groups -OCH3 is 1. The minimum absolute atomic E-state index is 0.0596. The lowest BCUT2D eigenvalue weighted by Gasteiger charge is -2.37. The number of halogens is 2. The maximum absolute atomic E-state index is 16.0. The number of imidazole rings is 2. The maximum Gasteiger partial charge on any atom is 0.407 e. The summed E-state index contributed by atoms with van der Waals surface area (Å²) in [6, 6.07) is 18.5. The second kappa shape index (κ2) is 18.6. The second-order valence-corrected chi connectivity index (χ2v) is 17.3. The number of H-pyrrole nitrogens is 2. The number of amides is 4. The van der Waals surface area contributed by atoms with Crippen LogP contribution in [0.2, 0.25) is 0 Å². The van der Waals surface area contributed by atoms with E-state index in [0.717, 1.165) is 37.8 Å². The van der Waals surface area contributed by atoms with Crippen molar-refractivity contribution >= 4 is 29.5 Å². The molecule has 3 aromatic carbocycles. The molecule has 0 bridgehead atoms. The van der Waals surface area contributed by atoms with Gasteiger partial charge in [-0.15, -0.1) is 0 Å². The molecule has 1 aliphatic carbocycles. The fraction of sp³-hybridized carbons (Fsp3) is 0.417. The molecular weight excluding hydrogens is 821 g/mol. The summed E-state index contributed by atoms with van der Waals surface area (Å²) >= 11 is 0. The predicted molar refractivity (Wildman–Crippen MR) is 233 cm³/mol. The van der Waals surface area contributed by atoms with Crippen molar-refractivity contribution in [3.8, 4) is 11.3 Å². The number of piperidine rings is 2. The van der Waals surface area contributed by atoms with Crippen LogP contribution in [0.3, 0.4) is 0 Å². The zero-order valence-corrected chi connectivity index (χ0v) is 35.8. The highest BCUT2D eigenvalue weighted by Crippen LogP contribution is 2.39. The number of benzene rings is 3. The molecule has 2 aromatic heterocycles. The standard InChI is InChI=1S/C48H53F2N9O5/c1-64-48(63)56-41(31-13-6-3-7-14-31)47(62)58-21-9-8-15-38(58)43-51-27-36(53-43)29-19-23-57(24-20-29)42-34(49)25-33(26-35(42)50)37-28-52-44(54-37)39-16-10-22-59(39)46(61)40(30-11-4-2-5-12-30)55-45(60)32-17-18-32/h2-7,11-14,25-29,32,38-41H,8-10,15-24H2,1H3,(H,51,53)(H,52,54)(H,55,60)(H,56,63)/t38-,39-,40+,41+/m0/s1. The van der Waals surface area contributed by atoms with Gasteiger partial charge >= 0.3 is 6.09 Å². The van der Waals surface area contributed by atoms with E-state index in [9.17, 15) is 19.2 Å². The Kier molecular flexibility index (Phi) is 12.4. The number of ether oxygens (including phenoxy) is 1. The number of aromatic amines is 2. The summed E-state index contributed by atoms with van der Waals surface area (Å²) in [6.45, 7) is 1.84. The molecule has 14 nitrogen and oxygen atoms in total. The molecule has 4 N–H and O–H groups in total. The fourth-order valence-corrected chi connectivity index (χ4v) is 9.59. The lowest BCUT2D eigenvalue weighted by Crippen LogP contribution is -2.46. The van der Waals surface area contributed by atoms with Crippen molar-refractivity contribution < 1.29 is 32.7 Å². The smallest absolute Gasteiger partial charge is 0.407 e. The monoisotopic (exact) mass is 873 g/mol. The van der Waals surface area contributed by atoms with Gasteiger partial charge in [0.25, 0.3) is 5.91 Å². The lowest BCUT2D eigenvalue weighted by molar-refractivity contribution is -0.138. The number of carbonyl (C=O) groups is 4. The summed E-state index contributed by atoms with van der Waals surface area (Å²) in [6.07, 6.45) is 9.39. The van der Waals surface area contributed by atoms with Gasteiger partial charge in [0.1, 0.15) is 41.1 Å². The highest BCUT2D eigenvalue weighted by molar-refractivity contribution is 5.91. The van der Waals surface area contributed by atoms with Gasteiger partial charge in [-0.05, 0) is 81.0 Å². The van der Waals surface area contributed by atoms with E-state index in [1.54, 1.807) is 39.2 Å². The molecule has 4 fully saturated rings. The van der Waals surface area contributed by atoms with E-state index in [4.69, 9.17) is 9.72 Å². The first-order chi connectivity index (χ1) is 31.2. The van der Waals surface area contributed by atoms with E-state index < -0.39 is 35.9 Å². The zero-order valence-electron chi connectivity index (χ0n) is 35.8. The fourth-order valence-electron chi connectivity index (χ4n) is 9.59. The Morgan fingerprint density at radius 1 is 0.688 bits per heavy atom. The van der Waals surface area contributed by atoms with E-state index in [0.29, 0.717) is 85.9 Å². The van der Waals surface area contributed by atoms with Gasteiger partial charge < -0.3 is 40.0 Å². The van der Waals surface area contributed by atoms with Gasteiger partial charge in [-0.2, -0.15) is 0 Å². The van der Waals surface area contributed by atoms with Crippen molar-refractivity contribution in [3.05, 3.63) is 125 Å². The molecular formula is C48H53F2N9O5. The third kappa shape index (κ3) is 8.95. The number of anilines is 1. The summed E-state index contributed by atoms with van der Waals surface area (Å²) in [4.78, 5) is 74.7. The number of carbonyl (C=O) groups excluding carboxylic acids is 4. The third-order valence-electron chi connectivity index (χ3n) is 13.2. The van der Waals surface area contributed by atoms with Gasteiger partial charge in [0.05, 0.1) is 31.1 Å². The van der Waals surface area contributed by atoms with Gasteiger partial charge in [-0.25, -0.2) is 23.5 Å². The Morgan fingerprint density at radius 3 is 1.86 bits per heavy atom. The van der Waals surface area contributed by atoms with Gasteiger partial charge in [0, 0.05) is 55.5 Å². The molecule has 9 rings (SSSR count). The summed E-state index contributed by atoms with van der Waals surface area (Å²) in [7, 11) is 1.26. The predicted octanol–water partition coefficient (Wildman–Crippen LogP) is 7.54. The first kappa shape index (κ1) is 42.7. The maximum atomic E-state index is 16.0. The number of likely N-dealkylation sites (tertiary alicyclic amines) is 2. The topological polar surface area (TPSA) is 169 Å². The van der Waals surface area contributed by atoms with Crippen LogP contribution in [0.1, 0.15) is 116 Å². The van der Waals surface area contributed by atoms with Crippen LogP contribution in [-0.2, 0) is 19.1 Å². The Hall–Kier alpha value is -6.58. The molecule has 334 valence electrons. The van der Waals surface area contributed by atoms with E-state index in [-0.39, 0.29) is 41.3 Å². The number of aromatic nitrogens is 4. The quantitative estimate of drug-likeness (QED) is 0.0997. The third-order valence-corrected chi connectivity index (χ3v) is 13.2. The van der Waals surface area contributed by atoms with E-state index in [2.05, 4.69) is 25.6 Å². The average Bonchev–Trinajstić information content (AvgIpc) is 3.63. The number of rotatable bonds is 12. The van der Waals surface area contributed by atoms with Crippen LogP contribution in [0.4, 0.5) is 19.3 Å². The molecule has 4 atom stereocenters. The zero-order chi connectivity index (χ0) is 44.3. The van der Waals surface area contributed by atoms with Crippen LogP contribution < -0.4 is 15.5 Å². The van der Waals surface area contributed by atoms with Crippen molar-refractivity contribution in [3.63, 3.8) is 0 Å². The minimum Gasteiger partial charge on any atom is -0.453 e. The number of alkyl carbamates (subject to hydrolysis) is 1. The van der Waals surface area contributed by atoms with Crippen molar-refractivity contribution in [1.29, 1.82) is 0 Å². The summed E-state index contributed by atoms with van der Waals surface area (Å²) in [5.74, 6) is -0.743. The summed E-state index contributed by atoms with van der Waals surface area (Å²) in [5, 5.41) is 5.69. The average molecular weight is 874 g/mol. The van der Waals surface area contributed by atoms with Crippen LogP contribution >= 0.6 is 0 Å². The minimum atomic E-state index is -0.924. The molecule has 3 saturated heterocycles. The second-order valence-electron chi connectivity index (χ2n) is 17.3. The largest absolute Gasteiger partial charge is 0.453 e. The van der Waals surface area contributed by atoms with Crippen LogP contribution in [-0.4, -0.2) is 86.8 Å². The Labute approximate surface area is 370 Å². The molecule has 0 unspecified atom stereocenters. The van der Waals surface area contributed by atoms with E-state index in [1.807, 2.05) is 48.5 Å². The van der Waals surface area contributed by atoms with Gasteiger partial charge in [0.15, 0.2) is 0 Å². The van der Waals surface area contributed by atoms with Crippen LogP contribution in [0.25, 0.3) is 11.3 Å². The summed E-state index contributed by atoms with van der Waals surface area (Å²) < 4.78 is 36.8. The molecule has 4 aliphatic rings. The van der Waals surface area contributed by atoms with Crippen LogP contribution in [0, 0.1) is 17.6 Å². The van der Waals surface area contributed by atoms with Gasteiger partial charge in [-0.3, -0.25) is 14.4 Å². The molecule has 3 aliphatic heterocycles. The molecule has 5 heterocycles. The van der Waals surface area contributed by atoms with Crippen molar-refractivity contribution in [2.75, 3.05) is 38.2 Å². The molecule has 1 saturated carbocycles. The number of nitrogens with zero attached hydrogens (tertiary/aromatic N) is 5. The van der Waals surface area contributed by atoms with Gasteiger partial charge in [-0.1, -0.05) is 60.7 Å². The molecule has 16 heteroatoms. The first-order valence-electron chi connectivity index (χ1n) is 22.4. The molecule has 0 radical (unpaired) electrons. The normalized spacial score (nSPS) is 20.1. The molecule has 5 aromatic rings. The molecule has 0 spiro atoms. The first-order valence-corrected chi connectivity index (χ1v) is 22.4. The summed E-state index contributed by atoms with van der Waals surface area (Å²) in [5.41, 5.74) is 2.93. The highest BCUT2D eigenvalue weighted by atomic mass is 19.1. The van der Waals surface area contributed by atoms with Crippen molar-refractivity contribution in [1.82, 2.24) is 40.4 Å². The molecule has 64 heavy (non-hydrogen) atoms. The van der Waals surface area contributed by atoms with Gasteiger partial charge in [0.2, 0.25) is 11.8 Å². The SMILES string of the molecule is COC(=O)N[C@@H](C(=O)N1CCCC[C@H]1c1ncc(C2CCN(c3c(F)cc(-c4cnc([C@@H]5CCCN5C(=O)[C@H](NC(=O)C5CC5)c5ccccc5)[nH]4)cc3F)CC2)[nH]1)c1ccccc1. The lowest BCUT2D eigenvalue weighted by atomic mass is 9.93. The highest BCUT2D eigenvalue weighted by Gasteiger charge is 2.40. The van der Waals surface area contributed by atoms with E-state index >= 15 is 8.78 Å². The van der Waals surface area contributed by atoms with Crippen molar-refractivity contribution in [2.45, 2.75) is 87.9 Å². The van der Waals surface area contributed by atoms with Crippen LogP contribution in [0.15, 0.2) is 85.2 Å². The van der Waals surface area contributed by atoms with E-state index in [1.165, 1.54) is 19.2 Å². The Balaban J connectivity index is 0.849. The number of hydrogen-bond donors (Lipinski definition) is 4. The Bertz CT molecular complexity index is 2450. The number of nitrogens with one attached hydrogen (secondary N) is 4. The van der Waals surface area contributed by atoms with Crippen LogP contribution in [0.5, 0.6) is 0 Å². The number of hydrogen-bond acceptors (Lipinski definition) is 8. The Morgan fingerprint density at radius 2 is 1.25 bits per heavy atom.